The van der Waals surface area contributed by atoms with Crippen LogP contribution in [0.4, 0.5) is 4.79 Å². The zero-order chi connectivity index (χ0) is 30.7. The number of ether oxygens (including phenoxy) is 2. The summed E-state index contributed by atoms with van der Waals surface area (Å²) in [6, 6.07) is 16.6. The van der Waals surface area contributed by atoms with E-state index in [1.165, 1.54) is 6.42 Å². The van der Waals surface area contributed by atoms with Crippen LogP contribution in [0.3, 0.4) is 0 Å². The first-order valence-corrected chi connectivity index (χ1v) is 16.5. The summed E-state index contributed by atoms with van der Waals surface area (Å²) in [7, 11) is 0. The molecule has 0 spiro atoms. The van der Waals surface area contributed by atoms with E-state index in [-0.39, 0.29) is 18.4 Å². The third-order valence-electron chi connectivity index (χ3n) is 9.40. The molecule has 2 fully saturated rings. The first-order chi connectivity index (χ1) is 21.5. The molecule has 0 aromatic heterocycles. The van der Waals surface area contributed by atoms with Gasteiger partial charge in [0.05, 0.1) is 30.9 Å². The minimum absolute atomic E-state index is 0.166. The van der Waals surface area contributed by atoms with Crippen molar-refractivity contribution in [1.82, 2.24) is 10.6 Å². The van der Waals surface area contributed by atoms with Gasteiger partial charge < -0.3 is 30.3 Å². The van der Waals surface area contributed by atoms with Gasteiger partial charge in [-0.25, -0.2) is 4.79 Å². The molecule has 238 valence electrons. The molecule has 4 N–H and O–H groups in total. The van der Waals surface area contributed by atoms with E-state index in [0.29, 0.717) is 38.4 Å². The van der Waals surface area contributed by atoms with E-state index in [1.54, 1.807) is 0 Å². The summed E-state index contributed by atoms with van der Waals surface area (Å²) in [5, 5.41) is 28.5. The molecule has 1 saturated carbocycles. The Hall–Kier alpha value is -3.20. The standard InChI is InChI=1S/C36H48N2O6/c39-32(31(21-26-13-5-2-6-14-26)37-36(42)44-29-18-10-20-43-24-29)23-28(17-9-15-25-11-3-1-4-12-25)35(41)38-34-30-19-8-7-16-27(30)22-33(34)40/h1,3-4,7-9,11-12,15-16,19,26,28-29,31-34,39-40H,2,5-6,10,13-14,17-18,20-24H2,(H,37,42)(H,38,41)/t28-,29+,31+,32+,33-,34+/m1/s1. The van der Waals surface area contributed by atoms with Gasteiger partial charge in [0.25, 0.3) is 0 Å². The minimum atomic E-state index is -0.950. The van der Waals surface area contributed by atoms with Crippen molar-refractivity contribution in [2.45, 2.75) is 101 Å². The number of carbonyl (C=O) groups excluding carboxylic acids is 2. The van der Waals surface area contributed by atoms with Gasteiger partial charge in [-0.3, -0.25) is 4.79 Å². The van der Waals surface area contributed by atoms with E-state index in [9.17, 15) is 19.8 Å². The van der Waals surface area contributed by atoms with Crippen LogP contribution in [-0.2, 0) is 20.7 Å². The number of rotatable bonds is 12. The summed E-state index contributed by atoms with van der Waals surface area (Å²) in [5.74, 6) is -0.388. The van der Waals surface area contributed by atoms with E-state index in [4.69, 9.17) is 9.47 Å². The molecule has 1 heterocycles. The average Bonchev–Trinajstić information content (AvgIpc) is 3.36. The molecule has 2 aromatic carbocycles. The second-order valence-corrected chi connectivity index (χ2v) is 12.7. The highest BCUT2D eigenvalue weighted by Gasteiger charge is 2.35. The van der Waals surface area contributed by atoms with Crippen molar-refractivity contribution in [2.75, 3.05) is 13.2 Å². The number of benzene rings is 2. The molecule has 2 amide bonds. The third kappa shape index (κ3) is 9.16. The number of allylic oxidation sites excluding steroid dienone is 1. The largest absolute Gasteiger partial charge is 0.444 e. The van der Waals surface area contributed by atoms with Crippen LogP contribution >= 0.6 is 0 Å². The molecular weight excluding hydrogens is 556 g/mol. The second kappa shape index (κ2) is 16.2. The highest BCUT2D eigenvalue weighted by molar-refractivity contribution is 5.80. The fraction of sp³-hybridized carbons (Fsp3) is 0.556. The van der Waals surface area contributed by atoms with Crippen LogP contribution in [0, 0.1) is 11.8 Å². The number of hydrogen-bond acceptors (Lipinski definition) is 6. The number of amides is 2. The van der Waals surface area contributed by atoms with Gasteiger partial charge in [-0.2, -0.15) is 0 Å². The van der Waals surface area contributed by atoms with E-state index in [2.05, 4.69) is 10.6 Å². The van der Waals surface area contributed by atoms with Crippen LogP contribution in [0.15, 0.2) is 60.7 Å². The monoisotopic (exact) mass is 604 g/mol. The first-order valence-electron chi connectivity index (χ1n) is 16.5. The van der Waals surface area contributed by atoms with Crippen LogP contribution in [0.25, 0.3) is 6.08 Å². The number of carbonyl (C=O) groups is 2. The molecule has 44 heavy (non-hydrogen) atoms. The Bertz CT molecular complexity index is 1220. The number of aliphatic hydroxyl groups is 2. The predicted octanol–water partition coefficient (Wildman–Crippen LogP) is 5.48. The van der Waals surface area contributed by atoms with E-state index in [0.717, 1.165) is 55.2 Å². The van der Waals surface area contributed by atoms with Crippen LogP contribution in [0.5, 0.6) is 0 Å². The van der Waals surface area contributed by atoms with E-state index < -0.39 is 36.3 Å². The maximum Gasteiger partial charge on any atom is 0.407 e. The Morgan fingerprint density at radius 1 is 1.00 bits per heavy atom. The van der Waals surface area contributed by atoms with Crippen LogP contribution in [-0.4, -0.2) is 59.8 Å². The third-order valence-corrected chi connectivity index (χ3v) is 9.40. The van der Waals surface area contributed by atoms with Crippen molar-refractivity contribution in [3.8, 4) is 0 Å². The molecule has 6 atom stereocenters. The molecule has 0 unspecified atom stereocenters. The molecule has 2 aromatic rings. The zero-order valence-corrected chi connectivity index (χ0v) is 25.6. The molecular formula is C36H48N2O6. The summed E-state index contributed by atoms with van der Waals surface area (Å²) in [4.78, 5) is 26.8. The van der Waals surface area contributed by atoms with Crippen molar-refractivity contribution < 1.29 is 29.3 Å². The lowest BCUT2D eigenvalue weighted by molar-refractivity contribution is -0.127. The number of fused-ring (bicyclic) bond motifs is 1. The lowest BCUT2D eigenvalue weighted by atomic mass is 9.82. The number of alkyl carbamates (subject to hydrolysis) is 1. The lowest BCUT2D eigenvalue weighted by Gasteiger charge is -2.32. The number of hydrogen-bond donors (Lipinski definition) is 4. The zero-order valence-electron chi connectivity index (χ0n) is 25.6. The SMILES string of the molecule is O=C(N[C@@H](CC1CCCCC1)[C@@H](O)C[C@@H](CC=Cc1ccccc1)C(=O)N[C@H]1c2ccccc2C[C@H]1O)O[C@H]1CCCOC1. The fourth-order valence-corrected chi connectivity index (χ4v) is 6.95. The fourth-order valence-electron chi connectivity index (χ4n) is 6.95. The lowest BCUT2D eigenvalue weighted by Crippen LogP contribution is -2.48. The highest BCUT2D eigenvalue weighted by Crippen LogP contribution is 2.33. The molecule has 3 aliphatic rings. The smallest absolute Gasteiger partial charge is 0.407 e. The van der Waals surface area contributed by atoms with Crippen LogP contribution in [0.1, 0.15) is 86.9 Å². The Morgan fingerprint density at radius 3 is 2.55 bits per heavy atom. The Kier molecular flexibility index (Phi) is 11.9. The predicted molar refractivity (Wildman–Crippen MR) is 170 cm³/mol. The van der Waals surface area contributed by atoms with Crippen molar-refractivity contribution in [3.63, 3.8) is 0 Å². The van der Waals surface area contributed by atoms with E-state index >= 15 is 0 Å². The maximum atomic E-state index is 13.8. The van der Waals surface area contributed by atoms with E-state index in [1.807, 2.05) is 66.7 Å². The number of aliphatic hydroxyl groups excluding tert-OH is 2. The molecule has 1 saturated heterocycles. The molecule has 2 aliphatic carbocycles. The summed E-state index contributed by atoms with van der Waals surface area (Å²) < 4.78 is 11.1. The van der Waals surface area contributed by atoms with Gasteiger partial charge in [-0.15, -0.1) is 0 Å². The molecule has 0 bridgehead atoms. The van der Waals surface area contributed by atoms with Crippen molar-refractivity contribution in [2.24, 2.45) is 11.8 Å². The molecule has 5 rings (SSSR count). The van der Waals surface area contributed by atoms with Crippen LogP contribution in [0.2, 0.25) is 0 Å². The molecule has 8 heteroatoms. The quantitative estimate of drug-likeness (QED) is 0.255. The first kappa shape index (κ1) is 32.2. The van der Waals surface area contributed by atoms with Gasteiger partial charge in [0.2, 0.25) is 5.91 Å². The summed E-state index contributed by atoms with van der Waals surface area (Å²) in [6.07, 6.45) is 10.4. The topological polar surface area (TPSA) is 117 Å². The van der Waals surface area contributed by atoms with Gasteiger partial charge in [0.1, 0.15) is 6.10 Å². The van der Waals surface area contributed by atoms with Gasteiger partial charge in [0, 0.05) is 18.9 Å². The summed E-state index contributed by atoms with van der Waals surface area (Å²) in [6.45, 7) is 1.06. The highest BCUT2D eigenvalue weighted by atomic mass is 16.6. The molecule has 8 nitrogen and oxygen atoms in total. The normalized spacial score (nSPS) is 24.3. The number of nitrogens with one attached hydrogen (secondary N) is 2. The Morgan fingerprint density at radius 2 is 1.77 bits per heavy atom. The van der Waals surface area contributed by atoms with Crippen molar-refractivity contribution >= 4 is 18.1 Å². The maximum absolute atomic E-state index is 13.8. The summed E-state index contributed by atoms with van der Waals surface area (Å²) in [5.41, 5.74) is 2.99. The molecule has 1 aliphatic heterocycles. The van der Waals surface area contributed by atoms with Gasteiger partial charge in [0.15, 0.2) is 0 Å². The van der Waals surface area contributed by atoms with Gasteiger partial charge in [-0.05, 0) is 54.7 Å². The minimum Gasteiger partial charge on any atom is -0.444 e. The second-order valence-electron chi connectivity index (χ2n) is 12.7. The van der Waals surface area contributed by atoms with Crippen molar-refractivity contribution in [3.05, 3.63) is 77.4 Å². The van der Waals surface area contributed by atoms with Crippen molar-refractivity contribution in [1.29, 1.82) is 0 Å². The van der Waals surface area contributed by atoms with Crippen LogP contribution < -0.4 is 10.6 Å². The Balaban J connectivity index is 1.30. The van der Waals surface area contributed by atoms with Gasteiger partial charge in [-0.1, -0.05) is 98.9 Å². The Labute approximate surface area is 261 Å². The molecule has 0 radical (unpaired) electrons. The summed E-state index contributed by atoms with van der Waals surface area (Å²) >= 11 is 0. The van der Waals surface area contributed by atoms with Gasteiger partial charge >= 0.3 is 6.09 Å². The average molecular weight is 605 g/mol.